The first-order chi connectivity index (χ1) is 13.1. The summed E-state index contributed by atoms with van der Waals surface area (Å²) >= 11 is 0. The first-order valence-corrected chi connectivity index (χ1v) is 9.58. The zero-order chi connectivity index (χ0) is 18.8. The van der Waals surface area contributed by atoms with Crippen molar-refractivity contribution in [1.29, 1.82) is 0 Å². The highest BCUT2D eigenvalue weighted by atomic mass is 35.5. The van der Waals surface area contributed by atoms with E-state index in [-0.39, 0.29) is 18.3 Å². The van der Waals surface area contributed by atoms with Gasteiger partial charge in [-0.3, -0.25) is 9.78 Å². The lowest BCUT2D eigenvalue weighted by molar-refractivity contribution is -0.131. The lowest BCUT2D eigenvalue weighted by atomic mass is 9.92. The summed E-state index contributed by atoms with van der Waals surface area (Å²) in [6.07, 6.45) is 0.389. The van der Waals surface area contributed by atoms with Crippen molar-refractivity contribution < 1.29 is 4.79 Å². The van der Waals surface area contributed by atoms with Crippen LogP contribution in [0.2, 0.25) is 0 Å². The van der Waals surface area contributed by atoms with E-state index in [1.807, 2.05) is 48.2 Å². The van der Waals surface area contributed by atoms with Crippen LogP contribution in [-0.4, -0.2) is 41.5 Å². The van der Waals surface area contributed by atoms with Crippen LogP contribution >= 0.6 is 12.4 Å². The number of nitrogens with zero attached hydrogens (tertiary/aromatic N) is 2. The Morgan fingerprint density at radius 1 is 1.14 bits per heavy atom. The second kappa shape index (κ2) is 8.72. The van der Waals surface area contributed by atoms with E-state index in [1.165, 1.54) is 0 Å². The molecular formula is C23H26ClN3O. The maximum absolute atomic E-state index is 13.1. The molecule has 1 atom stereocenters. The van der Waals surface area contributed by atoms with Gasteiger partial charge in [-0.25, -0.2) is 0 Å². The monoisotopic (exact) mass is 395 g/mol. The van der Waals surface area contributed by atoms with Crippen LogP contribution in [0.4, 0.5) is 0 Å². The fraction of sp³-hybridized carbons (Fsp3) is 0.304. The van der Waals surface area contributed by atoms with Crippen molar-refractivity contribution in [3.63, 3.8) is 0 Å². The highest BCUT2D eigenvalue weighted by Crippen LogP contribution is 2.33. The fourth-order valence-electron chi connectivity index (χ4n) is 3.95. The Kier molecular flexibility index (Phi) is 6.32. The van der Waals surface area contributed by atoms with Crippen LogP contribution in [0.5, 0.6) is 0 Å². The zero-order valence-electron chi connectivity index (χ0n) is 16.3. The highest BCUT2D eigenvalue weighted by molar-refractivity contribution is 5.98. The summed E-state index contributed by atoms with van der Waals surface area (Å²) in [6.45, 7) is 6.52. The van der Waals surface area contributed by atoms with Gasteiger partial charge < -0.3 is 10.2 Å². The summed E-state index contributed by atoms with van der Waals surface area (Å²) in [4.78, 5) is 19.8. The normalized spacial score (nSPS) is 16.6. The number of fused-ring (bicyclic) bond motifs is 1. The number of nitrogens with one attached hydrogen (secondary N) is 1. The molecule has 2 heterocycles. The van der Waals surface area contributed by atoms with Gasteiger partial charge in [0, 0.05) is 36.8 Å². The van der Waals surface area contributed by atoms with Gasteiger partial charge in [-0.1, -0.05) is 48.5 Å². The first-order valence-electron chi connectivity index (χ1n) is 9.58. The molecule has 1 amide bonds. The van der Waals surface area contributed by atoms with Crippen LogP contribution in [0, 0.1) is 6.92 Å². The number of rotatable bonds is 3. The number of halogens is 1. The van der Waals surface area contributed by atoms with E-state index in [2.05, 4.69) is 30.4 Å². The Morgan fingerprint density at radius 2 is 1.86 bits per heavy atom. The van der Waals surface area contributed by atoms with Crippen LogP contribution in [0.25, 0.3) is 22.0 Å². The molecule has 2 aromatic carbocycles. The quantitative estimate of drug-likeness (QED) is 0.729. The molecule has 4 rings (SSSR count). The van der Waals surface area contributed by atoms with Gasteiger partial charge in [-0.15, -0.1) is 12.4 Å². The minimum absolute atomic E-state index is 0. The molecule has 5 heteroatoms. The standard InChI is InChI=1S/C23H25N3O.ClH/c1-16-15-26(13-12-24-16)22(27)14-20-17(2)25-21-11-7-6-10-19(21)23(20)18-8-4-3-5-9-18;/h3-11,16,24H,12-15H2,1-2H3;1H/t16-;/m1./s1. The van der Waals surface area contributed by atoms with Crippen LogP contribution < -0.4 is 5.32 Å². The molecule has 1 N–H and O–H groups in total. The molecule has 28 heavy (non-hydrogen) atoms. The molecule has 146 valence electrons. The van der Waals surface area contributed by atoms with Crippen LogP contribution in [0.3, 0.4) is 0 Å². The predicted molar refractivity (Wildman–Crippen MR) is 117 cm³/mol. The van der Waals surface area contributed by atoms with Crippen molar-refractivity contribution in [2.45, 2.75) is 26.3 Å². The van der Waals surface area contributed by atoms with E-state index in [0.29, 0.717) is 12.5 Å². The molecule has 1 aliphatic rings. The third kappa shape index (κ3) is 4.03. The van der Waals surface area contributed by atoms with E-state index in [0.717, 1.165) is 52.9 Å². The Balaban J connectivity index is 0.00000225. The number of carbonyl (C=O) groups excluding carboxylic acids is 1. The molecule has 0 spiro atoms. The zero-order valence-corrected chi connectivity index (χ0v) is 17.1. The molecule has 4 nitrogen and oxygen atoms in total. The van der Waals surface area contributed by atoms with Crippen molar-refractivity contribution in [2.75, 3.05) is 19.6 Å². The second-order valence-electron chi connectivity index (χ2n) is 7.31. The van der Waals surface area contributed by atoms with Gasteiger partial charge in [0.1, 0.15) is 0 Å². The number of para-hydroxylation sites is 1. The average molecular weight is 396 g/mol. The third-order valence-electron chi connectivity index (χ3n) is 5.31. The van der Waals surface area contributed by atoms with E-state index in [9.17, 15) is 4.79 Å². The van der Waals surface area contributed by atoms with E-state index >= 15 is 0 Å². The molecule has 3 aromatic rings. The topological polar surface area (TPSA) is 45.2 Å². The number of pyridine rings is 1. The number of hydrogen-bond donors (Lipinski definition) is 1. The number of amides is 1. The van der Waals surface area contributed by atoms with Gasteiger partial charge in [0.2, 0.25) is 5.91 Å². The van der Waals surface area contributed by atoms with Gasteiger partial charge in [0.05, 0.1) is 11.9 Å². The molecule has 1 fully saturated rings. The third-order valence-corrected chi connectivity index (χ3v) is 5.31. The number of aromatic nitrogens is 1. The lowest BCUT2D eigenvalue weighted by Gasteiger charge is -2.32. The lowest BCUT2D eigenvalue weighted by Crippen LogP contribution is -2.51. The van der Waals surface area contributed by atoms with Crippen molar-refractivity contribution in [3.8, 4) is 11.1 Å². The predicted octanol–water partition coefficient (Wildman–Crippen LogP) is 3.99. The van der Waals surface area contributed by atoms with Gasteiger partial charge >= 0.3 is 0 Å². The van der Waals surface area contributed by atoms with Crippen LogP contribution in [0.1, 0.15) is 18.2 Å². The molecule has 0 unspecified atom stereocenters. The Morgan fingerprint density at radius 3 is 2.61 bits per heavy atom. The number of carbonyl (C=O) groups is 1. The van der Waals surface area contributed by atoms with Crippen molar-refractivity contribution in [2.24, 2.45) is 0 Å². The van der Waals surface area contributed by atoms with Crippen LogP contribution in [0.15, 0.2) is 54.6 Å². The minimum atomic E-state index is 0. The molecule has 0 aliphatic carbocycles. The average Bonchev–Trinajstić information content (AvgIpc) is 2.69. The largest absolute Gasteiger partial charge is 0.340 e. The van der Waals surface area contributed by atoms with E-state index in [4.69, 9.17) is 4.98 Å². The number of piperazine rings is 1. The Hall–Kier alpha value is -2.43. The number of benzene rings is 2. The Bertz CT molecular complexity index is 974. The summed E-state index contributed by atoms with van der Waals surface area (Å²) in [5.74, 6) is 0.181. The minimum Gasteiger partial charge on any atom is -0.340 e. The van der Waals surface area contributed by atoms with Gasteiger partial charge in [-0.05, 0) is 36.6 Å². The maximum atomic E-state index is 13.1. The Labute approximate surface area is 172 Å². The summed E-state index contributed by atoms with van der Waals surface area (Å²) in [5.41, 5.74) is 5.21. The van der Waals surface area contributed by atoms with E-state index < -0.39 is 0 Å². The molecule has 1 aliphatic heterocycles. The molecule has 1 aromatic heterocycles. The van der Waals surface area contributed by atoms with Crippen LogP contribution in [-0.2, 0) is 11.2 Å². The van der Waals surface area contributed by atoms with Gasteiger partial charge in [0.25, 0.3) is 0 Å². The maximum Gasteiger partial charge on any atom is 0.227 e. The summed E-state index contributed by atoms with van der Waals surface area (Å²) in [7, 11) is 0. The number of aryl methyl sites for hydroxylation is 1. The molecular weight excluding hydrogens is 370 g/mol. The summed E-state index contributed by atoms with van der Waals surface area (Å²) in [5, 5.41) is 4.50. The number of hydrogen-bond acceptors (Lipinski definition) is 3. The molecule has 1 saturated heterocycles. The molecule has 0 radical (unpaired) electrons. The van der Waals surface area contributed by atoms with Crippen molar-refractivity contribution in [1.82, 2.24) is 15.2 Å². The van der Waals surface area contributed by atoms with Gasteiger partial charge in [-0.2, -0.15) is 0 Å². The highest BCUT2D eigenvalue weighted by Gasteiger charge is 2.23. The van der Waals surface area contributed by atoms with Crippen molar-refractivity contribution >= 4 is 29.2 Å². The summed E-state index contributed by atoms with van der Waals surface area (Å²) < 4.78 is 0. The smallest absolute Gasteiger partial charge is 0.227 e. The first kappa shape index (κ1) is 20.3. The fourth-order valence-corrected chi connectivity index (χ4v) is 3.95. The molecule has 0 bridgehead atoms. The van der Waals surface area contributed by atoms with Gasteiger partial charge in [0.15, 0.2) is 0 Å². The molecule has 0 saturated carbocycles. The van der Waals surface area contributed by atoms with E-state index in [1.54, 1.807) is 0 Å². The summed E-state index contributed by atoms with van der Waals surface area (Å²) in [6, 6.07) is 18.9. The SMILES string of the molecule is Cc1nc2ccccc2c(-c2ccccc2)c1CC(=O)N1CCN[C@H](C)C1.Cl. The second-order valence-corrected chi connectivity index (χ2v) is 7.31. The van der Waals surface area contributed by atoms with Crippen molar-refractivity contribution in [3.05, 3.63) is 65.9 Å².